The number of hydrogen-bond acceptors (Lipinski definition) is 3. The van der Waals surface area contributed by atoms with Crippen molar-refractivity contribution in [2.45, 2.75) is 26.0 Å². The predicted octanol–water partition coefficient (Wildman–Crippen LogP) is 0.566. The van der Waals surface area contributed by atoms with Gasteiger partial charge in [-0.05, 0) is 19.9 Å². The highest BCUT2D eigenvalue weighted by atomic mass is 16.3. The average molecular weight is 196 g/mol. The lowest BCUT2D eigenvalue weighted by Crippen LogP contribution is -2.28. The van der Waals surface area contributed by atoms with Crippen molar-refractivity contribution in [3.63, 3.8) is 0 Å². The fraction of sp³-hybridized carbons (Fsp3) is 0.500. The first-order valence-corrected chi connectivity index (χ1v) is 4.62. The number of rotatable bonds is 3. The standard InChI is InChI=1S/C10H16N2O2/c1-7(8(2)13)11-9-4-5-12(3)10(14)6-9/h4-8,11,13H,1-3H3. The highest BCUT2D eigenvalue weighted by molar-refractivity contribution is 5.42. The van der Waals surface area contributed by atoms with E-state index in [4.69, 9.17) is 0 Å². The lowest BCUT2D eigenvalue weighted by molar-refractivity contribution is 0.178. The monoisotopic (exact) mass is 196 g/mol. The van der Waals surface area contributed by atoms with Crippen LogP contribution >= 0.6 is 0 Å². The van der Waals surface area contributed by atoms with Gasteiger partial charge in [0.05, 0.1) is 6.10 Å². The SMILES string of the molecule is CC(O)C(C)Nc1ccn(C)c(=O)c1. The molecule has 1 heterocycles. The topological polar surface area (TPSA) is 54.3 Å². The second-order valence-electron chi connectivity index (χ2n) is 3.54. The first-order chi connectivity index (χ1) is 6.50. The Hall–Kier alpha value is -1.29. The first kappa shape index (κ1) is 10.8. The van der Waals surface area contributed by atoms with Gasteiger partial charge in [-0.1, -0.05) is 0 Å². The molecule has 0 aromatic carbocycles. The van der Waals surface area contributed by atoms with E-state index < -0.39 is 6.10 Å². The molecule has 0 saturated carbocycles. The van der Waals surface area contributed by atoms with Gasteiger partial charge >= 0.3 is 0 Å². The fourth-order valence-electron chi connectivity index (χ4n) is 1.02. The van der Waals surface area contributed by atoms with Crippen LogP contribution in [0.5, 0.6) is 0 Å². The fourth-order valence-corrected chi connectivity index (χ4v) is 1.02. The van der Waals surface area contributed by atoms with E-state index in [-0.39, 0.29) is 11.6 Å². The van der Waals surface area contributed by atoms with Crippen molar-refractivity contribution in [2.75, 3.05) is 5.32 Å². The maximum Gasteiger partial charge on any atom is 0.252 e. The lowest BCUT2D eigenvalue weighted by atomic mass is 10.2. The molecule has 2 unspecified atom stereocenters. The Balaban J connectivity index is 2.78. The minimum absolute atomic E-state index is 0.0622. The molecule has 1 aromatic rings. The van der Waals surface area contributed by atoms with E-state index in [1.807, 2.05) is 6.92 Å². The summed E-state index contributed by atoms with van der Waals surface area (Å²) in [5, 5.41) is 12.3. The molecule has 0 aliphatic heterocycles. The van der Waals surface area contributed by atoms with E-state index in [0.29, 0.717) is 0 Å². The van der Waals surface area contributed by atoms with Crippen LogP contribution in [0.15, 0.2) is 23.1 Å². The summed E-state index contributed by atoms with van der Waals surface area (Å²) in [7, 11) is 1.70. The third kappa shape index (κ3) is 2.60. The van der Waals surface area contributed by atoms with E-state index >= 15 is 0 Å². The smallest absolute Gasteiger partial charge is 0.252 e. The molecule has 1 aromatic heterocycles. The zero-order valence-electron chi connectivity index (χ0n) is 8.69. The summed E-state index contributed by atoms with van der Waals surface area (Å²) in [5.41, 5.74) is 0.675. The summed E-state index contributed by atoms with van der Waals surface area (Å²) in [6.45, 7) is 3.57. The molecule has 0 fully saturated rings. The van der Waals surface area contributed by atoms with Crippen molar-refractivity contribution in [1.29, 1.82) is 0 Å². The van der Waals surface area contributed by atoms with Crippen molar-refractivity contribution >= 4 is 5.69 Å². The lowest BCUT2D eigenvalue weighted by Gasteiger charge is -2.17. The van der Waals surface area contributed by atoms with Gasteiger partial charge in [0.1, 0.15) is 0 Å². The van der Waals surface area contributed by atoms with Crippen LogP contribution in [0.1, 0.15) is 13.8 Å². The van der Waals surface area contributed by atoms with Crippen molar-refractivity contribution in [1.82, 2.24) is 4.57 Å². The van der Waals surface area contributed by atoms with Crippen LogP contribution in [0.3, 0.4) is 0 Å². The Bertz CT molecular complexity index is 357. The molecular weight excluding hydrogens is 180 g/mol. The maximum absolute atomic E-state index is 11.3. The highest BCUT2D eigenvalue weighted by Gasteiger charge is 2.07. The summed E-state index contributed by atoms with van der Waals surface area (Å²) >= 11 is 0. The van der Waals surface area contributed by atoms with Crippen LogP contribution in [-0.4, -0.2) is 21.8 Å². The summed E-state index contributed by atoms with van der Waals surface area (Å²) < 4.78 is 1.50. The molecule has 4 nitrogen and oxygen atoms in total. The zero-order chi connectivity index (χ0) is 10.7. The van der Waals surface area contributed by atoms with Crippen LogP contribution in [0.25, 0.3) is 0 Å². The molecule has 4 heteroatoms. The van der Waals surface area contributed by atoms with E-state index in [9.17, 15) is 9.90 Å². The number of hydrogen-bond donors (Lipinski definition) is 2. The van der Waals surface area contributed by atoms with Crippen molar-refractivity contribution in [3.8, 4) is 0 Å². The van der Waals surface area contributed by atoms with Crippen LogP contribution in [0, 0.1) is 0 Å². The van der Waals surface area contributed by atoms with Crippen LogP contribution in [0.4, 0.5) is 5.69 Å². The average Bonchev–Trinajstić information content (AvgIpc) is 2.11. The summed E-state index contributed by atoms with van der Waals surface area (Å²) in [6.07, 6.45) is 1.25. The molecule has 2 N–H and O–H groups in total. The van der Waals surface area contributed by atoms with E-state index in [0.717, 1.165) is 5.69 Å². The van der Waals surface area contributed by atoms with E-state index in [2.05, 4.69) is 5.32 Å². The molecule has 78 valence electrons. The largest absolute Gasteiger partial charge is 0.391 e. The minimum atomic E-state index is -0.445. The Morgan fingerprint density at radius 2 is 2.14 bits per heavy atom. The molecule has 2 atom stereocenters. The highest BCUT2D eigenvalue weighted by Crippen LogP contribution is 2.05. The summed E-state index contributed by atoms with van der Waals surface area (Å²) in [4.78, 5) is 11.3. The number of nitrogens with zero attached hydrogens (tertiary/aromatic N) is 1. The molecule has 14 heavy (non-hydrogen) atoms. The third-order valence-electron chi connectivity index (χ3n) is 2.22. The van der Waals surface area contributed by atoms with Crippen LogP contribution < -0.4 is 10.9 Å². The maximum atomic E-state index is 11.3. The molecule has 0 spiro atoms. The molecule has 0 bridgehead atoms. The number of aliphatic hydroxyl groups excluding tert-OH is 1. The number of anilines is 1. The molecule has 1 rings (SSSR count). The van der Waals surface area contributed by atoms with Gasteiger partial charge in [0.25, 0.3) is 5.56 Å². The van der Waals surface area contributed by atoms with Crippen molar-refractivity contribution < 1.29 is 5.11 Å². The van der Waals surface area contributed by atoms with Gasteiger partial charge in [0.2, 0.25) is 0 Å². The molecule has 0 aliphatic carbocycles. The van der Waals surface area contributed by atoms with Crippen molar-refractivity contribution in [2.24, 2.45) is 7.05 Å². The van der Waals surface area contributed by atoms with Crippen LogP contribution in [0.2, 0.25) is 0 Å². The van der Waals surface area contributed by atoms with E-state index in [1.54, 1.807) is 26.2 Å². The number of pyridine rings is 1. The Kier molecular flexibility index (Phi) is 3.30. The second kappa shape index (κ2) is 4.28. The van der Waals surface area contributed by atoms with Crippen molar-refractivity contribution in [3.05, 3.63) is 28.7 Å². The predicted molar refractivity (Wildman–Crippen MR) is 56.4 cm³/mol. The quantitative estimate of drug-likeness (QED) is 0.743. The Morgan fingerprint density at radius 1 is 1.50 bits per heavy atom. The second-order valence-corrected chi connectivity index (χ2v) is 3.54. The number of aliphatic hydroxyl groups is 1. The Labute approximate surface area is 83.2 Å². The normalized spacial score (nSPS) is 14.9. The molecule has 0 aliphatic rings. The number of aromatic nitrogens is 1. The summed E-state index contributed by atoms with van der Waals surface area (Å²) in [5.74, 6) is 0. The van der Waals surface area contributed by atoms with E-state index in [1.165, 1.54) is 10.6 Å². The van der Waals surface area contributed by atoms with Gasteiger partial charge in [-0.15, -0.1) is 0 Å². The van der Waals surface area contributed by atoms with Gasteiger partial charge in [-0.25, -0.2) is 0 Å². The zero-order valence-corrected chi connectivity index (χ0v) is 8.69. The summed E-state index contributed by atoms with van der Waals surface area (Å²) in [6, 6.07) is 3.25. The molecule has 0 radical (unpaired) electrons. The Morgan fingerprint density at radius 3 is 2.64 bits per heavy atom. The van der Waals surface area contributed by atoms with Gasteiger partial charge in [-0.3, -0.25) is 4.79 Å². The number of aryl methyl sites for hydroxylation is 1. The third-order valence-corrected chi connectivity index (χ3v) is 2.22. The minimum Gasteiger partial charge on any atom is -0.391 e. The molecule has 0 saturated heterocycles. The van der Waals surface area contributed by atoms with Crippen LogP contribution in [-0.2, 0) is 7.05 Å². The van der Waals surface area contributed by atoms with Gasteiger partial charge in [0, 0.05) is 31.0 Å². The number of nitrogens with one attached hydrogen (secondary N) is 1. The molecule has 0 amide bonds. The first-order valence-electron chi connectivity index (χ1n) is 4.62. The molecular formula is C10H16N2O2. The van der Waals surface area contributed by atoms with Gasteiger partial charge in [0.15, 0.2) is 0 Å². The van der Waals surface area contributed by atoms with Gasteiger partial charge < -0.3 is 15.0 Å². The van der Waals surface area contributed by atoms with Gasteiger partial charge in [-0.2, -0.15) is 0 Å².